The Morgan fingerprint density at radius 3 is 2.47 bits per heavy atom. The number of carbonyl (C=O) groups excluding carboxylic acids is 2. The van der Waals surface area contributed by atoms with Crippen LogP contribution in [0.1, 0.15) is 10.4 Å². The van der Waals surface area contributed by atoms with Crippen LogP contribution in [-0.2, 0) is 0 Å². The van der Waals surface area contributed by atoms with E-state index >= 15 is 0 Å². The van der Waals surface area contributed by atoms with Crippen LogP contribution in [0, 0.1) is 0 Å². The second kappa shape index (κ2) is 8.35. The molecule has 0 unspecified atom stereocenters. The summed E-state index contributed by atoms with van der Waals surface area (Å²) in [4.78, 5) is 30.9. The highest BCUT2D eigenvalue weighted by molar-refractivity contribution is 6.08. The first-order chi connectivity index (χ1) is 15.7. The van der Waals surface area contributed by atoms with Gasteiger partial charge >= 0.3 is 6.03 Å². The van der Waals surface area contributed by atoms with E-state index < -0.39 is 0 Å². The van der Waals surface area contributed by atoms with Crippen LogP contribution in [-0.4, -0.2) is 39.8 Å². The topological polar surface area (TPSA) is 92.2 Å². The molecule has 1 fully saturated rings. The predicted octanol–water partition coefficient (Wildman–Crippen LogP) is 3.72. The van der Waals surface area contributed by atoms with E-state index in [4.69, 9.17) is 0 Å². The van der Waals surface area contributed by atoms with Crippen LogP contribution in [0.2, 0.25) is 0 Å². The Balaban J connectivity index is 1.44. The quantitative estimate of drug-likeness (QED) is 0.511. The van der Waals surface area contributed by atoms with Crippen molar-refractivity contribution in [2.24, 2.45) is 0 Å². The van der Waals surface area contributed by atoms with Gasteiger partial charge in [-0.2, -0.15) is 5.10 Å². The lowest BCUT2D eigenvalue weighted by molar-refractivity contribution is 0.102. The SMILES string of the molecule is O=C(Nc1ccc(N2CCNC2=O)cc1)c1cn(-c2ccccc2)nc1-c1cccnc1. The number of carbonyl (C=O) groups is 2. The molecule has 1 aliphatic heterocycles. The third-order valence-electron chi connectivity index (χ3n) is 5.21. The van der Waals surface area contributed by atoms with E-state index in [2.05, 4.69) is 20.7 Å². The number of benzene rings is 2. The van der Waals surface area contributed by atoms with Crippen molar-refractivity contribution in [2.45, 2.75) is 0 Å². The zero-order valence-corrected chi connectivity index (χ0v) is 17.1. The molecule has 0 bridgehead atoms. The lowest BCUT2D eigenvalue weighted by atomic mass is 10.1. The van der Waals surface area contributed by atoms with Crippen molar-refractivity contribution in [3.8, 4) is 16.9 Å². The molecule has 32 heavy (non-hydrogen) atoms. The average molecular weight is 424 g/mol. The Morgan fingerprint density at radius 2 is 1.78 bits per heavy atom. The number of hydrogen-bond donors (Lipinski definition) is 2. The van der Waals surface area contributed by atoms with Crippen molar-refractivity contribution in [2.75, 3.05) is 23.3 Å². The summed E-state index contributed by atoms with van der Waals surface area (Å²) < 4.78 is 1.69. The number of nitrogens with one attached hydrogen (secondary N) is 2. The van der Waals surface area contributed by atoms with Crippen LogP contribution >= 0.6 is 0 Å². The Labute approximate surface area is 184 Å². The number of para-hydroxylation sites is 1. The first-order valence-corrected chi connectivity index (χ1v) is 10.2. The van der Waals surface area contributed by atoms with Crippen molar-refractivity contribution < 1.29 is 9.59 Å². The van der Waals surface area contributed by atoms with Gasteiger partial charge in [0.15, 0.2) is 0 Å². The van der Waals surface area contributed by atoms with Crippen molar-refractivity contribution in [1.82, 2.24) is 20.1 Å². The van der Waals surface area contributed by atoms with Gasteiger partial charge in [-0.05, 0) is 48.5 Å². The molecule has 0 radical (unpaired) electrons. The minimum atomic E-state index is -0.280. The number of urea groups is 1. The summed E-state index contributed by atoms with van der Waals surface area (Å²) >= 11 is 0. The summed E-state index contributed by atoms with van der Waals surface area (Å²) in [6, 6.07) is 20.4. The van der Waals surface area contributed by atoms with Crippen molar-refractivity contribution in [3.05, 3.63) is 90.9 Å². The maximum atomic E-state index is 13.2. The Hall–Kier alpha value is -4.46. The maximum absolute atomic E-state index is 13.2. The Bertz CT molecular complexity index is 1250. The largest absolute Gasteiger partial charge is 0.336 e. The molecule has 8 nitrogen and oxygen atoms in total. The molecule has 0 spiro atoms. The van der Waals surface area contributed by atoms with Crippen molar-refractivity contribution >= 4 is 23.3 Å². The molecule has 0 aliphatic carbocycles. The number of aromatic nitrogens is 3. The highest BCUT2D eigenvalue weighted by Crippen LogP contribution is 2.25. The van der Waals surface area contributed by atoms with E-state index in [1.807, 2.05) is 54.6 Å². The molecule has 2 aromatic carbocycles. The fraction of sp³-hybridized carbons (Fsp3) is 0.0833. The third kappa shape index (κ3) is 3.81. The summed E-state index contributed by atoms with van der Waals surface area (Å²) in [5.41, 5.74) is 4.00. The number of amides is 3. The summed E-state index contributed by atoms with van der Waals surface area (Å²) in [6.07, 6.45) is 5.08. The second-order valence-electron chi connectivity index (χ2n) is 7.30. The summed E-state index contributed by atoms with van der Waals surface area (Å²) in [7, 11) is 0. The predicted molar refractivity (Wildman–Crippen MR) is 122 cm³/mol. The third-order valence-corrected chi connectivity index (χ3v) is 5.21. The van der Waals surface area contributed by atoms with Crippen LogP contribution < -0.4 is 15.5 Å². The number of hydrogen-bond acceptors (Lipinski definition) is 4. The smallest absolute Gasteiger partial charge is 0.321 e. The molecule has 0 atom stereocenters. The second-order valence-corrected chi connectivity index (χ2v) is 7.30. The van der Waals surface area contributed by atoms with Crippen LogP contribution in [0.25, 0.3) is 16.9 Å². The fourth-order valence-corrected chi connectivity index (χ4v) is 3.61. The molecule has 3 amide bonds. The fourth-order valence-electron chi connectivity index (χ4n) is 3.61. The van der Waals surface area contributed by atoms with E-state index in [1.54, 1.807) is 40.3 Å². The van der Waals surface area contributed by atoms with Gasteiger partial charge in [-0.25, -0.2) is 9.48 Å². The van der Waals surface area contributed by atoms with E-state index in [0.29, 0.717) is 30.0 Å². The van der Waals surface area contributed by atoms with Gasteiger partial charge in [0.25, 0.3) is 5.91 Å². The maximum Gasteiger partial charge on any atom is 0.321 e. The Kier molecular flexibility index (Phi) is 5.09. The van der Waals surface area contributed by atoms with E-state index in [0.717, 1.165) is 16.9 Å². The molecule has 2 N–H and O–H groups in total. The molecule has 4 aromatic rings. The molecule has 3 heterocycles. The lowest BCUT2D eigenvalue weighted by Gasteiger charge is -2.14. The molecule has 8 heteroatoms. The van der Waals surface area contributed by atoms with Gasteiger partial charge < -0.3 is 10.6 Å². The van der Waals surface area contributed by atoms with Gasteiger partial charge in [0.1, 0.15) is 5.69 Å². The normalized spacial score (nSPS) is 13.1. The molecule has 1 saturated heterocycles. The highest BCUT2D eigenvalue weighted by Gasteiger charge is 2.22. The first kappa shape index (κ1) is 19.5. The van der Waals surface area contributed by atoms with Crippen molar-refractivity contribution in [3.63, 3.8) is 0 Å². The van der Waals surface area contributed by atoms with Gasteiger partial charge in [0.2, 0.25) is 0 Å². The van der Waals surface area contributed by atoms with E-state index in [1.165, 1.54) is 0 Å². The average Bonchev–Trinajstić information content (AvgIpc) is 3.48. The minimum absolute atomic E-state index is 0.115. The zero-order valence-electron chi connectivity index (χ0n) is 17.1. The van der Waals surface area contributed by atoms with Crippen molar-refractivity contribution in [1.29, 1.82) is 0 Å². The minimum Gasteiger partial charge on any atom is -0.336 e. The van der Waals surface area contributed by atoms with Gasteiger partial charge in [-0.3, -0.25) is 14.7 Å². The zero-order chi connectivity index (χ0) is 21.9. The molecule has 2 aromatic heterocycles. The van der Waals surface area contributed by atoms with E-state index in [-0.39, 0.29) is 11.9 Å². The van der Waals surface area contributed by atoms with Gasteiger partial charge in [0.05, 0.1) is 11.3 Å². The molecule has 0 saturated carbocycles. The molecular formula is C24H20N6O2. The number of nitrogens with zero attached hydrogens (tertiary/aromatic N) is 4. The van der Waals surface area contributed by atoms with Gasteiger partial charge in [-0.1, -0.05) is 18.2 Å². The van der Waals surface area contributed by atoms with Crippen LogP contribution in [0.5, 0.6) is 0 Å². The van der Waals surface area contributed by atoms with E-state index in [9.17, 15) is 9.59 Å². The number of rotatable bonds is 5. The lowest BCUT2D eigenvalue weighted by Crippen LogP contribution is -2.27. The Morgan fingerprint density at radius 1 is 0.969 bits per heavy atom. The monoisotopic (exact) mass is 424 g/mol. The summed E-state index contributed by atoms with van der Waals surface area (Å²) in [5, 5.41) is 10.4. The first-order valence-electron chi connectivity index (χ1n) is 10.2. The molecule has 158 valence electrons. The molecule has 1 aliphatic rings. The number of pyridine rings is 1. The van der Waals surface area contributed by atoms with Crippen LogP contribution in [0.4, 0.5) is 16.2 Å². The summed E-state index contributed by atoms with van der Waals surface area (Å²) in [5.74, 6) is -0.280. The van der Waals surface area contributed by atoms with Crippen LogP contribution in [0.15, 0.2) is 85.3 Å². The highest BCUT2D eigenvalue weighted by atomic mass is 16.2. The molecular weight excluding hydrogens is 404 g/mol. The van der Waals surface area contributed by atoms with Gasteiger partial charge in [0, 0.05) is 48.6 Å². The standard InChI is InChI=1S/C24H20N6O2/c31-23(27-18-8-10-19(11-9-18)29-14-13-26-24(29)32)21-16-30(20-6-2-1-3-7-20)28-22(21)17-5-4-12-25-15-17/h1-12,15-16H,13-14H2,(H,26,32)(H,27,31). The summed E-state index contributed by atoms with van der Waals surface area (Å²) in [6.45, 7) is 1.25. The van der Waals surface area contributed by atoms with Gasteiger partial charge in [-0.15, -0.1) is 0 Å². The molecule has 5 rings (SSSR count). The van der Waals surface area contributed by atoms with Crippen LogP contribution in [0.3, 0.4) is 0 Å². The number of anilines is 2.